The van der Waals surface area contributed by atoms with E-state index in [9.17, 15) is 4.39 Å². The molecule has 0 spiro atoms. The minimum absolute atomic E-state index is 0.267. The van der Waals surface area contributed by atoms with Gasteiger partial charge in [0.1, 0.15) is 12.1 Å². The molecule has 0 bridgehead atoms. The third-order valence-electron chi connectivity index (χ3n) is 1.55. The van der Waals surface area contributed by atoms with E-state index in [1.54, 1.807) is 12.1 Å². The predicted molar refractivity (Wildman–Crippen MR) is 43.9 cm³/mol. The van der Waals surface area contributed by atoms with Crippen molar-refractivity contribution in [3.05, 3.63) is 34.9 Å². The van der Waals surface area contributed by atoms with Gasteiger partial charge in [0.05, 0.1) is 16.1 Å². The smallest absolute Gasteiger partial charge is 0.148 e. The number of hydrogen-bond donors (Lipinski definition) is 0. The maximum Gasteiger partial charge on any atom is 0.148 e. The molecule has 2 aromatic rings. The van der Waals surface area contributed by atoms with Crippen molar-refractivity contribution in [1.29, 1.82) is 0 Å². The van der Waals surface area contributed by atoms with E-state index in [1.165, 1.54) is 12.5 Å². The Kier molecular flexibility index (Phi) is 1.46. The number of fused-ring (bicyclic) bond motifs is 1. The zero-order valence-electron chi connectivity index (χ0n) is 5.47. The maximum atomic E-state index is 13.1. The highest BCUT2D eigenvalue weighted by Gasteiger charge is 2.05. The Morgan fingerprint density at radius 2 is 2.09 bits per heavy atom. The molecule has 0 unspecified atom stereocenters. The molecule has 0 amide bonds. The van der Waals surface area contributed by atoms with Crippen molar-refractivity contribution in [3.8, 4) is 0 Å². The molecule has 0 saturated carbocycles. The zero-order valence-corrected chi connectivity index (χ0v) is 7.06. The largest absolute Gasteiger partial charge is 0.471 e. The van der Waals surface area contributed by atoms with Gasteiger partial charge < -0.3 is 4.42 Å². The summed E-state index contributed by atoms with van der Waals surface area (Å²) in [5.74, 6) is -0.267. The molecular weight excluding hydrogens is 211 g/mol. The van der Waals surface area contributed by atoms with Gasteiger partial charge in [-0.2, -0.15) is 0 Å². The molecule has 56 valence electrons. The average molecular weight is 215 g/mol. The number of halogens is 2. The average Bonchev–Trinajstić information content (AvgIpc) is 2.45. The Bertz CT molecular complexity index is 394. The first-order valence-corrected chi connectivity index (χ1v) is 3.88. The second-order valence-corrected chi connectivity index (χ2v) is 3.09. The first-order valence-electron chi connectivity index (χ1n) is 3.09. The molecule has 1 heterocycles. The van der Waals surface area contributed by atoms with Crippen LogP contribution in [0.2, 0.25) is 0 Å². The van der Waals surface area contributed by atoms with Crippen LogP contribution >= 0.6 is 15.9 Å². The van der Waals surface area contributed by atoms with Gasteiger partial charge in [0.25, 0.3) is 0 Å². The normalized spacial score (nSPS) is 10.7. The van der Waals surface area contributed by atoms with Crippen molar-refractivity contribution in [2.75, 3.05) is 0 Å². The fraction of sp³-hybridized carbons (Fsp3) is 0. The van der Waals surface area contributed by atoms with Crippen molar-refractivity contribution in [3.63, 3.8) is 0 Å². The maximum absolute atomic E-state index is 13.1. The van der Waals surface area contributed by atoms with E-state index in [0.717, 1.165) is 5.39 Å². The van der Waals surface area contributed by atoms with E-state index in [0.29, 0.717) is 9.86 Å². The van der Waals surface area contributed by atoms with Crippen molar-refractivity contribution in [1.82, 2.24) is 0 Å². The molecule has 0 radical (unpaired) electrons. The zero-order chi connectivity index (χ0) is 7.84. The minimum Gasteiger partial charge on any atom is -0.471 e. The molecule has 1 aromatic heterocycles. The molecule has 1 aromatic carbocycles. The lowest BCUT2D eigenvalue weighted by Crippen LogP contribution is -1.75. The standard InChI is InChI=1S/C8H4BrFO/c9-7-2-1-5-3-11-4-6(5)8(7)10/h1-4H. The number of hydrogen-bond acceptors (Lipinski definition) is 1. The van der Waals surface area contributed by atoms with Crippen LogP contribution in [0.15, 0.2) is 33.5 Å². The number of rotatable bonds is 0. The van der Waals surface area contributed by atoms with Crippen molar-refractivity contribution >= 4 is 26.7 Å². The topological polar surface area (TPSA) is 13.1 Å². The van der Waals surface area contributed by atoms with Crippen LogP contribution in [0, 0.1) is 5.82 Å². The Morgan fingerprint density at radius 1 is 1.27 bits per heavy atom. The van der Waals surface area contributed by atoms with Crippen LogP contribution in [0.5, 0.6) is 0 Å². The molecular formula is C8H4BrFO. The summed E-state index contributed by atoms with van der Waals surface area (Å²) in [5, 5.41) is 1.30. The summed E-state index contributed by atoms with van der Waals surface area (Å²) in [4.78, 5) is 0. The molecule has 0 atom stereocenters. The van der Waals surface area contributed by atoms with E-state index in [2.05, 4.69) is 15.9 Å². The summed E-state index contributed by atoms with van der Waals surface area (Å²) in [7, 11) is 0. The van der Waals surface area contributed by atoms with Crippen LogP contribution in [0.25, 0.3) is 10.8 Å². The second kappa shape index (κ2) is 2.34. The number of benzene rings is 1. The van der Waals surface area contributed by atoms with Crippen LogP contribution in [0.4, 0.5) is 4.39 Å². The molecule has 0 aliphatic rings. The van der Waals surface area contributed by atoms with E-state index >= 15 is 0 Å². The molecule has 11 heavy (non-hydrogen) atoms. The van der Waals surface area contributed by atoms with Crippen molar-refractivity contribution < 1.29 is 8.81 Å². The Hall–Kier alpha value is -0.830. The van der Waals surface area contributed by atoms with Gasteiger partial charge in [0, 0.05) is 5.39 Å². The van der Waals surface area contributed by atoms with Gasteiger partial charge in [-0.1, -0.05) is 0 Å². The molecule has 0 aliphatic carbocycles. The highest BCUT2D eigenvalue weighted by molar-refractivity contribution is 9.10. The number of furan rings is 1. The van der Waals surface area contributed by atoms with E-state index in [1.807, 2.05) is 0 Å². The molecule has 0 aliphatic heterocycles. The lowest BCUT2D eigenvalue weighted by Gasteiger charge is -1.92. The summed E-state index contributed by atoms with van der Waals surface area (Å²) in [6.45, 7) is 0. The molecule has 1 nitrogen and oxygen atoms in total. The fourth-order valence-corrected chi connectivity index (χ4v) is 1.32. The van der Waals surface area contributed by atoms with Gasteiger partial charge in [-0.05, 0) is 28.1 Å². The highest BCUT2D eigenvalue weighted by atomic mass is 79.9. The van der Waals surface area contributed by atoms with Crippen LogP contribution in [0.3, 0.4) is 0 Å². The summed E-state index contributed by atoms with van der Waals surface area (Å²) in [5.41, 5.74) is 0. The van der Waals surface area contributed by atoms with E-state index in [-0.39, 0.29) is 5.82 Å². The minimum atomic E-state index is -0.267. The predicted octanol–water partition coefficient (Wildman–Crippen LogP) is 3.33. The third-order valence-corrected chi connectivity index (χ3v) is 2.16. The monoisotopic (exact) mass is 214 g/mol. The lowest BCUT2D eigenvalue weighted by atomic mass is 10.2. The van der Waals surface area contributed by atoms with E-state index < -0.39 is 0 Å². The molecule has 2 rings (SSSR count). The SMILES string of the molecule is Fc1c(Br)ccc2cocc12. The summed E-state index contributed by atoms with van der Waals surface area (Å²) < 4.78 is 18.4. The highest BCUT2D eigenvalue weighted by Crippen LogP contribution is 2.25. The summed E-state index contributed by atoms with van der Waals surface area (Å²) >= 11 is 3.08. The van der Waals surface area contributed by atoms with Gasteiger partial charge >= 0.3 is 0 Å². The molecule has 0 N–H and O–H groups in total. The van der Waals surface area contributed by atoms with Crippen LogP contribution in [-0.2, 0) is 0 Å². The Labute approximate surface area is 70.9 Å². The summed E-state index contributed by atoms with van der Waals surface area (Å²) in [6, 6.07) is 3.46. The first kappa shape index (κ1) is 6.85. The van der Waals surface area contributed by atoms with Crippen molar-refractivity contribution in [2.45, 2.75) is 0 Å². The Balaban J connectivity index is 2.93. The Morgan fingerprint density at radius 3 is 2.91 bits per heavy atom. The third kappa shape index (κ3) is 0.959. The lowest BCUT2D eigenvalue weighted by molar-refractivity contribution is 0.569. The van der Waals surface area contributed by atoms with Gasteiger partial charge in [-0.25, -0.2) is 4.39 Å². The summed E-state index contributed by atoms with van der Waals surface area (Å²) in [6.07, 6.45) is 2.92. The van der Waals surface area contributed by atoms with Gasteiger partial charge in [-0.3, -0.25) is 0 Å². The van der Waals surface area contributed by atoms with Crippen molar-refractivity contribution in [2.24, 2.45) is 0 Å². The van der Waals surface area contributed by atoms with Gasteiger partial charge in [0.15, 0.2) is 0 Å². The quantitative estimate of drug-likeness (QED) is 0.656. The van der Waals surface area contributed by atoms with E-state index in [4.69, 9.17) is 4.42 Å². The first-order chi connectivity index (χ1) is 5.29. The van der Waals surface area contributed by atoms with Crippen LogP contribution in [0.1, 0.15) is 0 Å². The van der Waals surface area contributed by atoms with Gasteiger partial charge in [-0.15, -0.1) is 0 Å². The molecule has 0 saturated heterocycles. The molecule has 0 fully saturated rings. The van der Waals surface area contributed by atoms with Crippen LogP contribution in [-0.4, -0.2) is 0 Å². The molecule has 3 heteroatoms. The fourth-order valence-electron chi connectivity index (χ4n) is 0.979. The van der Waals surface area contributed by atoms with Gasteiger partial charge in [0.2, 0.25) is 0 Å². The second-order valence-electron chi connectivity index (χ2n) is 2.24. The van der Waals surface area contributed by atoms with Crippen LogP contribution < -0.4 is 0 Å².